The summed E-state index contributed by atoms with van der Waals surface area (Å²) in [6.45, 7) is 1.90. The Morgan fingerprint density at radius 3 is 2.75 bits per heavy atom. The average molecular weight is 220 g/mol. The van der Waals surface area contributed by atoms with Gasteiger partial charge in [0.25, 0.3) is 0 Å². The van der Waals surface area contributed by atoms with E-state index in [0.29, 0.717) is 12.8 Å². The standard InChI is InChI=1S/C12H16N2O2/c1-9-8-10(4-7-13-9)14-12(11(15)16)5-2-3-6-12/h4,7-8H,2-3,5-6H2,1H3,(H,13,14)(H,15,16). The van der Waals surface area contributed by atoms with Crippen LogP contribution in [0.25, 0.3) is 0 Å². The number of carbonyl (C=O) groups is 1. The molecule has 1 fully saturated rings. The van der Waals surface area contributed by atoms with Crippen LogP contribution in [0.15, 0.2) is 18.3 Å². The minimum absolute atomic E-state index is 0.698. The molecule has 0 aromatic carbocycles. The van der Waals surface area contributed by atoms with Gasteiger partial charge in [-0.25, -0.2) is 4.79 Å². The molecule has 4 nitrogen and oxygen atoms in total. The molecule has 4 heteroatoms. The topological polar surface area (TPSA) is 62.2 Å². The summed E-state index contributed by atoms with van der Waals surface area (Å²) in [6.07, 6.45) is 5.04. The molecule has 16 heavy (non-hydrogen) atoms. The first-order valence-corrected chi connectivity index (χ1v) is 5.57. The Balaban J connectivity index is 2.21. The molecule has 1 aliphatic carbocycles. The summed E-state index contributed by atoms with van der Waals surface area (Å²) in [4.78, 5) is 15.4. The summed E-state index contributed by atoms with van der Waals surface area (Å²) in [6, 6.07) is 3.69. The molecule has 1 aliphatic rings. The second-order valence-corrected chi connectivity index (χ2v) is 4.41. The maximum Gasteiger partial charge on any atom is 0.329 e. The second-order valence-electron chi connectivity index (χ2n) is 4.41. The minimum Gasteiger partial charge on any atom is -0.480 e. The van der Waals surface area contributed by atoms with Crippen LogP contribution in [0, 0.1) is 6.92 Å². The first kappa shape index (κ1) is 10.9. The van der Waals surface area contributed by atoms with Gasteiger partial charge in [0.05, 0.1) is 0 Å². The van der Waals surface area contributed by atoms with Crippen molar-refractivity contribution in [3.05, 3.63) is 24.0 Å². The molecule has 0 unspecified atom stereocenters. The lowest BCUT2D eigenvalue weighted by atomic mass is 9.97. The van der Waals surface area contributed by atoms with E-state index in [1.165, 1.54) is 0 Å². The summed E-state index contributed by atoms with van der Waals surface area (Å²) in [5, 5.41) is 12.5. The number of pyridine rings is 1. The van der Waals surface area contributed by atoms with Crippen molar-refractivity contribution in [2.45, 2.75) is 38.1 Å². The van der Waals surface area contributed by atoms with Gasteiger partial charge in [-0.2, -0.15) is 0 Å². The summed E-state index contributed by atoms with van der Waals surface area (Å²) < 4.78 is 0. The number of aromatic nitrogens is 1. The number of nitrogens with one attached hydrogen (secondary N) is 1. The number of hydrogen-bond acceptors (Lipinski definition) is 3. The predicted molar refractivity (Wildman–Crippen MR) is 61.4 cm³/mol. The molecule has 0 spiro atoms. The molecule has 1 saturated carbocycles. The van der Waals surface area contributed by atoms with Gasteiger partial charge in [0, 0.05) is 17.6 Å². The maximum atomic E-state index is 11.3. The molecule has 1 aromatic heterocycles. The number of anilines is 1. The van der Waals surface area contributed by atoms with E-state index in [9.17, 15) is 9.90 Å². The van der Waals surface area contributed by atoms with Gasteiger partial charge in [0.1, 0.15) is 5.54 Å². The van der Waals surface area contributed by atoms with Crippen molar-refractivity contribution in [2.75, 3.05) is 5.32 Å². The van der Waals surface area contributed by atoms with E-state index < -0.39 is 11.5 Å². The molecule has 0 amide bonds. The molecule has 1 heterocycles. The second kappa shape index (κ2) is 4.12. The zero-order valence-electron chi connectivity index (χ0n) is 9.36. The van der Waals surface area contributed by atoms with Crippen molar-refractivity contribution >= 4 is 11.7 Å². The van der Waals surface area contributed by atoms with Crippen molar-refractivity contribution in [3.8, 4) is 0 Å². The fraction of sp³-hybridized carbons (Fsp3) is 0.500. The predicted octanol–water partition coefficient (Wildman–Crippen LogP) is 2.20. The van der Waals surface area contributed by atoms with Gasteiger partial charge in [-0.05, 0) is 31.9 Å². The van der Waals surface area contributed by atoms with Crippen LogP contribution in [0.4, 0.5) is 5.69 Å². The molecular weight excluding hydrogens is 204 g/mol. The molecule has 0 saturated heterocycles. The summed E-state index contributed by atoms with van der Waals surface area (Å²) >= 11 is 0. The van der Waals surface area contributed by atoms with E-state index in [4.69, 9.17) is 0 Å². The SMILES string of the molecule is Cc1cc(NC2(C(=O)O)CCCC2)ccn1. The smallest absolute Gasteiger partial charge is 0.329 e. The van der Waals surface area contributed by atoms with E-state index in [0.717, 1.165) is 24.2 Å². The van der Waals surface area contributed by atoms with Crippen LogP contribution in [0.5, 0.6) is 0 Å². The maximum absolute atomic E-state index is 11.3. The van der Waals surface area contributed by atoms with Crippen LogP contribution in [-0.4, -0.2) is 21.6 Å². The van der Waals surface area contributed by atoms with Gasteiger partial charge in [-0.15, -0.1) is 0 Å². The Kier molecular flexibility index (Phi) is 2.81. The number of nitrogens with zero attached hydrogens (tertiary/aromatic N) is 1. The molecule has 1 aromatic rings. The summed E-state index contributed by atoms with van der Waals surface area (Å²) in [5.41, 5.74) is 0.966. The lowest BCUT2D eigenvalue weighted by molar-refractivity contribution is -0.142. The third-order valence-electron chi connectivity index (χ3n) is 3.15. The Morgan fingerprint density at radius 1 is 1.50 bits per heavy atom. The quantitative estimate of drug-likeness (QED) is 0.819. The van der Waals surface area contributed by atoms with E-state index >= 15 is 0 Å². The minimum atomic E-state index is -0.770. The Bertz CT molecular complexity index is 398. The van der Waals surface area contributed by atoms with Crippen LogP contribution >= 0.6 is 0 Å². The number of aryl methyl sites for hydroxylation is 1. The summed E-state index contributed by atoms with van der Waals surface area (Å²) in [5.74, 6) is -0.750. The molecular formula is C12H16N2O2. The third kappa shape index (κ3) is 2.01. The number of aliphatic carboxylic acids is 1. The Labute approximate surface area is 94.7 Å². The normalized spacial score (nSPS) is 18.3. The van der Waals surface area contributed by atoms with Gasteiger partial charge in [0.2, 0.25) is 0 Å². The lowest BCUT2D eigenvalue weighted by Gasteiger charge is -2.26. The fourth-order valence-electron chi connectivity index (χ4n) is 2.27. The third-order valence-corrected chi connectivity index (χ3v) is 3.15. The van der Waals surface area contributed by atoms with Crippen molar-refractivity contribution in [1.29, 1.82) is 0 Å². The molecule has 2 rings (SSSR count). The largest absolute Gasteiger partial charge is 0.480 e. The van der Waals surface area contributed by atoms with Gasteiger partial charge >= 0.3 is 5.97 Å². The van der Waals surface area contributed by atoms with Crippen LogP contribution < -0.4 is 5.32 Å². The van der Waals surface area contributed by atoms with E-state index in [1.54, 1.807) is 6.20 Å². The highest BCUT2D eigenvalue weighted by Crippen LogP contribution is 2.33. The number of carboxylic acids is 1. The Hall–Kier alpha value is -1.58. The highest BCUT2D eigenvalue weighted by molar-refractivity contribution is 5.83. The van der Waals surface area contributed by atoms with Crippen LogP contribution in [-0.2, 0) is 4.79 Å². The number of rotatable bonds is 3. The monoisotopic (exact) mass is 220 g/mol. The summed E-state index contributed by atoms with van der Waals surface area (Å²) in [7, 11) is 0. The Morgan fingerprint density at radius 2 is 2.19 bits per heavy atom. The van der Waals surface area contributed by atoms with Crippen molar-refractivity contribution in [3.63, 3.8) is 0 Å². The molecule has 0 radical (unpaired) electrons. The first-order valence-electron chi connectivity index (χ1n) is 5.57. The lowest BCUT2D eigenvalue weighted by Crippen LogP contribution is -2.43. The van der Waals surface area contributed by atoms with Gasteiger partial charge in [-0.3, -0.25) is 4.98 Å². The van der Waals surface area contributed by atoms with Crippen molar-refractivity contribution < 1.29 is 9.90 Å². The van der Waals surface area contributed by atoms with Crippen LogP contribution in [0.3, 0.4) is 0 Å². The van der Waals surface area contributed by atoms with Crippen molar-refractivity contribution in [1.82, 2.24) is 4.98 Å². The number of carboxylic acid groups (broad SMARTS) is 1. The average Bonchev–Trinajstić information content (AvgIpc) is 2.67. The first-order chi connectivity index (χ1) is 7.62. The highest BCUT2D eigenvalue weighted by Gasteiger charge is 2.41. The fourth-order valence-corrected chi connectivity index (χ4v) is 2.27. The molecule has 0 bridgehead atoms. The van der Waals surface area contributed by atoms with Crippen LogP contribution in [0.1, 0.15) is 31.4 Å². The van der Waals surface area contributed by atoms with E-state index in [2.05, 4.69) is 10.3 Å². The van der Waals surface area contributed by atoms with Crippen LogP contribution in [0.2, 0.25) is 0 Å². The van der Waals surface area contributed by atoms with Gasteiger partial charge in [0.15, 0.2) is 0 Å². The van der Waals surface area contributed by atoms with Gasteiger partial charge < -0.3 is 10.4 Å². The van der Waals surface area contributed by atoms with E-state index in [-0.39, 0.29) is 0 Å². The highest BCUT2D eigenvalue weighted by atomic mass is 16.4. The zero-order valence-corrected chi connectivity index (χ0v) is 9.36. The van der Waals surface area contributed by atoms with E-state index in [1.807, 2.05) is 19.1 Å². The molecule has 0 aliphatic heterocycles. The molecule has 86 valence electrons. The molecule has 0 atom stereocenters. The zero-order chi connectivity index (χ0) is 11.6. The van der Waals surface area contributed by atoms with Gasteiger partial charge in [-0.1, -0.05) is 12.8 Å². The number of hydrogen-bond donors (Lipinski definition) is 2. The molecule has 2 N–H and O–H groups in total. The van der Waals surface area contributed by atoms with Crippen molar-refractivity contribution in [2.24, 2.45) is 0 Å².